The van der Waals surface area contributed by atoms with Gasteiger partial charge in [0, 0.05) is 24.7 Å². The van der Waals surface area contributed by atoms with Gasteiger partial charge >= 0.3 is 0 Å². The summed E-state index contributed by atoms with van der Waals surface area (Å²) in [6.07, 6.45) is 0. The van der Waals surface area contributed by atoms with Crippen molar-refractivity contribution in [2.24, 2.45) is 5.92 Å². The van der Waals surface area contributed by atoms with Crippen LogP contribution in [-0.2, 0) is 9.59 Å². The monoisotopic (exact) mass is 552 g/mol. The number of hydrogen-bond acceptors (Lipinski definition) is 3. The molecule has 1 aliphatic carbocycles. The fourth-order valence-corrected chi connectivity index (χ4v) is 6.08. The number of fused-ring (bicyclic) bond motifs is 1. The highest BCUT2D eigenvalue weighted by molar-refractivity contribution is 9.15. The number of halogens is 4. The largest absolute Gasteiger partial charge is 0.399 e. The Balaban J connectivity index is 2.28. The number of nitrogens with one attached hydrogen (secondary N) is 1. The third kappa shape index (κ3) is 2.18. The van der Waals surface area contributed by atoms with Crippen LogP contribution in [0, 0.1) is 5.92 Å². The minimum absolute atomic E-state index is 0.348. The van der Waals surface area contributed by atoms with Crippen molar-refractivity contribution in [3.63, 3.8) is 0 Å². The highest BCUT2D eigenvalue weighted by Gasteiger charge is 2.60. The second-order valence-corrected chi connectivity index (χ2v) is 8.63. The van der Waals surface area contributed by atoms with E-state index in [4.69, 9.17) is 5.73 Å². The van der Waals surface area contributed by atoms with Gasteiger partial charge in [-0.05, 0) is 33.6 Å². The van der Waals surface area contributed by atoms with Crippen LogP contribution < -0.4 is 11.1 Å². The van der Waals surface area contributed by atoms with Gasteiger partial charge in [-0.25, -0.2) is 0 Å². The molecular weight excluding hydrogens is 548 g/mol. The Labute approximate surface area is 160 Å². The predicted octanol–water partition coefficient (Wildman–Crippen LogP) is 3.80. The first kappa shape index (κ1) is 16.4. The molecule has 1 saturated heterocycles. The summed E-state index contributed by atoms with van der Waals surface area (Å²) < 4.78 is 0.765. The minimum Gasteiger partial charge on any atom is -0.399 e. The molecule has 1 aromatic carbocycles. The first-order valence-electron chi connectivity index (χ1n) is 6.14. The number of rotatable bonds is 1. The summed E-state index contributed by atoms with van der Waals surface area (Å²) in [5.74, 6) is -1.40. The molecule has 2 atom stereocenters. The number of allylic oxidation sites excluding steroid dienone is 2. The van der Waals surface area contributed by atoms with E-state index in [9.17, 15) is 9.59 Å². The quantitative estimate of drug-likeness (QED) is 0.315. The number of alkyl halides is 1. The topological polar surface area (TPSA) is 72.2 Å². The molecule has 0 radical (unpaired) electrons. The number of carbonyl (C=O) groups excluding carboxylic acids is 2. The first-order valence-corrected chi connectivity index (χ1v) is 9.31. The molecule has 114 valence electrons. The Morgan fingerprint density at radius 1 is 1.09 bits per heavy atom. The predicted molar refractivity (Wildman–Crippen MR) is 99.9 cm³/mol. The van der Waals surface area contributed by atoms with Crippen LogP contribution >= 0.6 is 63.7 Å². The maximum atomic E-state index is 12.3. The number of nitrogen functional groups attached to an aromatic ring is 1. The standard InChI is InChI=1S/C14H8Br4N2O2/c15-9-7(5-1-3-6(19)4-2-5)11(17)14(18)8(10(9)16)12(21)20-13(14)22/h1-4,8H,19H2,(H,20,21,22). The number of nitrogens with two attached hydrogens (primary N) is 1. The molecule has 3 rings (SSSR count). The van der Waals surface area contributed by atoms with E-state index in [1.54, 1.807) is 12.1 Å². The highest BCUT2D eigenvalue weighted by Crippen LogP contribution is 2.57. The maximum absolute atomic E-state index is 12.3. The lowest BCUT2D eigenvalue weighted by atomic mass is 9.85. The van der Waals surface area contributed by atoms with Crippen LogP contribution in [0.2, 0.25) is 0 Å². The third-order valence-corrected chi connectivity index (χ3v) is 8.63. The second kappa shape index (κ2) is 5.58. The van der Waals surface area contributed by atoms with Crippen LogP contribution in [0.1, 0.15) is 5.56 Å². The fourth-order valence-electron chi connectivity index (χ4n) is 2.53. The zero-order valence-corrected chi connectivity index (χ0v) is 17.1. The van der Waals surface area contributed by atoms with Gasteiger partial charge in [0.25, 0.3) is 0 Å². The molecule has 22 heavy (non-hydrogen) atoms. The van der Waals surface area contributed by atoms with E-state index in [1.165, 1.54) is 0 Å². The van der Waals surface area contributed by atoms with Gasteiger partial charge in [-0.2, -0.15) is 0 Å². The maximum Gasteiger partial charge on any atom is 0.249 e. The summed E-state index contributed by atoms with van der Waals surface area (Å²) in [5.41, 5.74) is 8.03. The minimum atomic E-state index is -1.16. The average molecular weight is 556 g/mol. The van der Waals surface area contributed by atoms with Crippen molar-refractivity contribution in [1.29, 1.82) is 0 Å². The summed E-state index contributed by atoms with van der Waals surface area (Å²) in [6, 6.07) is 7.28. The molecule has 0 bridgehead atoms. The normalized spacial score (nSPS) is 28.1. The van der Waals surface area contributed by atoms with E-state index in [0.717, 1.165) is 11.1 Å². The van der Waals surface area contributed by atoms with Crippen molar-refractivity contribution in [3.8, 4) is 0 Å². The lowest BCUT2D eigenvalue weighted by molar-refractivity contribution is -0.125. The molecule has 1 heterocycles. The molecule has 2 aliphatic rings. The first-order chi connectivity index (χ1) is 10.3. The summed E-state index contributed by atoms with van der Waals surface area (Å²) in [5, 5.41) is 2.37. The van der Waals surface area contributed by atoms with E-state index in [0.29, 0.717) is 19.1 Å². The van der Waals surface area contributed by atoms with Crippen molar-refractivity contribution < 1.29 is 9.59 Å². The number of anilines is 1. The average Bonchev–Trinajstić information content (AvgIpc) is 2.70. The van der Waals surface area contributed by atoms with E-state index < -0.39 is 10.2 Å². The van der Waals surface area contributed by atoms with Crippen LogP contribution in [-0.4, -0.2) is 16.1 Å². The fraction of sp³-hybridized carbons (Fsp3) is 0.143. The molecule has 0 spiro atoms. The van der Waals surface area contributed by atoms with E-state index in [2.05, 4.69) is 69.0 Å². The number of amides is 2. The van der Waals surface area contributed by atoms with Crippen molar-refractivity contribution in [2.75, 3.05) is 5.73 Å². The molecule has 8 heteroatoms. The molecule has 4 nitrogen and oxygen atoms in total. The van der Waals surface area contributed by atoms with Gasteiger partial charge in [0.05, 0.1) is 5.92 Å². The Morgan fingerprint density at radius 3 is 2.27 bits per heavy atom. The molecule has 0 aromatic heterocycles. The summed E-state index contributed by atoms with van der Waals surface area (Å²) in [4.78, 5) is 24.4. The van der Waals surface area contributed by atoms with Gasteiger partial charge < -0.3 is 5.73 Å². The Bertz CT molecular complexity index is 770. The number of hydrogen-bond donors (Lipinski definition) is 2. The van der Waals surface area contributed by atoms with Crippen molar-refractivity contribution in [1.82, 2.24) is 5.32 Å². The van der Waals surface area contributed by atoms with Gasteiger partial charge in [-0.15, -0.1) is 0 Å². The van der Waals surface area contributed by atoms with Crippen molar-refractivity contribution in [3.05, 3.63) is 43.3 Å². The van der Waals surface area contributed by atoms with Crippen LogP contribution in [0.5, 0.6) is 0 Å². The van der Waals surface area contributed by atoms with Gasteiger partial charge in [-0.3, -0.25) is 14.9 Å². The SMILES string of the molecule is Nc1ccc(C2=C(Br)C3(Br)C(=O)NC(=O)C3C(Br)=C2Br)cc1. The van der Waals surface area contributed by atoms with E-state index in [1.807, 2.05) is 12.1 Å². The third-order valence-electron chi connectivity index (χ3n) is 3.65. The number of carbonyl (C=O) groups is 2. The van der Waals surface area contributed by atoms with Crippen LogP contribution in [0.4, 0.5) is 5.69 Å². The summed E-state index contributed by atoms with van der Waals surface area (Å²) >= 11 is 14.0. The lowest BCUT2D eigenvalue weighted by Crippen LogP contribution is -2.39. The van der Waals surface area contributed by atoms with Crippen LogP contribution in [0.3, 0.4) is 0 Å². The van der Waals surface area contributed by atoms with Gasteiger partial charge in [-0.1, -0.05) is 59.9 Å². The van der Waals surface area contributed by atoms with Crippen molar-refractivity contribution >= 4 is 86.8 Å². The van der Waals surface area contributed by atoms with Crippen LogP contribution in [0.15, 0.2) is 37.7 Å². The van der Waals surface area contributed by atoms with E-state index >= 15 is 0 Å². The molecule has 1 fully saturated rings. The Hall–Kier alpha value is -0.440. The highest BCUT2D eigenvalue weighted by atomic mass is 79.9. The molecule has 3 N–H and O–H groups in total. The number of imide groups is 1. The van der Waals surface area contributed by atoms with Crippen LogP contribution in [0.25, 0.3) is 5.57 Å². The van der Waals surface area contributed by atoms with E-state index in [-0.39, 0.29) is 11.8 Å². The molecular formula is C14H8Br4N2O2. The van der Waals surface area contributed by atoms with Gasteiger partial charge in [0.15, 0.2) is 4.32 Å². The zero-order chi connectivity index (χ0) is 16.2. The molecule has 2 unspecified atom stereocenters. The summed E-state index contributed by atoms with van der Waals surface area (Å²) in [6.45, 7) is 0. The molecule has 2 amide bonds. The smallest absolute Gasteiger partial charge is 0.249 e. The lowest BCUT2D eigenvalue weighted by Gasteiger charge is -2.32. The van der Waals surface area contributed by atoms with Crippen molar-refractivity contribution in [2.45, 2.75) is 4.32 Å². The second-order valence-electron chi connectivity index (χ2n) is 4.94. The molecule has 1 aliphatic heterocycles. The molecule has 1 aromatic rings. The number of benzene rings is 1. The zero-order valence-electron chi connectivity index (χ0n) is 10.8. The molecule has 0 saturated carbocycles. The Kier molecular flexibility index (Phi) is 4.16. The van der Waals surface area contributed by atoms with Gasteiger partial charge in [0.2, 0.25) is 11.8 Å². The van der Waals surface area contributed by atoms with Gasteiger partial charge in [0.1, 0.15) is 0 Å². The summed E-state index contributed by atoms with van der Waals surface area (Å²) in [7, 11) is 0. The Morgan fingerprint density at radius 2 is 1.68 bits per heavy atom.